The summed E-state index contributed by atoms with van der Waals surface area (Å²) in [6, 6.07) is 38.5. The van der Waals surface area contributed by atoms with E-state index in [2.05, 4.69) is 109 Å². The van der Waals surface area contributed by atoms with Crippen molar-refractivity contribution in [3.05, 3.63) is 109 Å². The van der Waals surface area contributed by atoms with Crippen LogP contribution in [0.3, 0.4) is 0 Å². The molecule has 6 rings (SSSR count). The van der Waals surface area contributed by atoms with Crippen LogP contribution in [-0.2, 0) is 25.8 Å². The first-order valence-electron chi connectivity index (χ1n) is 8.96. The smallest absolute Gasteiger partial charge is 0 e. The maximum Gasteiger partial charge on any atom is 0 e. The number of rotatable bonds is 0. The first-order chi connectivity index (χ1) is 12.9. The SMILES string of the molecule is [Sc].c1ccc2c(c1)[cH-]c1ccccc12.c1ccc2c(c1)[cH-]c1ccccc12. The van der Waals surface area contributed by atoms with E-state index in [1.165, 1.54) is 43.1 Å². The molecule has 0 aliphatic heterocycles. The minimum Gasteiger partial charge on any atom is -0.126 e. The van der Waals surface area contributed by atoms with Gasteiger partial charge in [0.05, 0.1) is 0 Å². The van der Waals surface area contributed by atoms with E-state index in [4.69, 9.17) is 0 Å². The standard InChI is InChI=1S/2C13H9.Sc/c2*1-3-7-12-10(5-1)9-11-6-2-4-8-13(11)12;/h2*1-9H;/q2*-1;. The fourth-order valence-electron chi connectivity index (χ4n) is 3.81. The van der Waals surface area contributed by atoms with Gasteiger partial charge in [-0.3, -0.25) is 0 Å². The molecule has 0 N–H and O–H groups in total. The average molecular weight is 375 g/mol. The molecule has 1 heteroatoms. The number of fused-ring (bicyclic) bond motifs is 6. The number of hydrogen-bond donors (Lipinski definition) is 0. The van der Waals surface area contributed by atoms with Gasteiger partial charge in [0.25, 0.3) is 0 Å². The van der Waals surface area contributed by atoms with Crippen LogP contribution in [0.15, 0.2) is 109 Å². The molecule has 0 unspecified atom stereocenters. The summed E-state index contributed by atoms with van der Waals surface area (Å²) in [6.07, 6.45) is 0. The van der Waals surface area contributed by atoms with Crippen molar-refractivity contribution in [3.63, 3.8) is 0 Å². The Labute approximate surface area is 177 Å². The Morgan fingerprint density at radius 2 is 0.556 bits per heavy atom. The third-order valence-electron chi connectivity index (χ3n) is 5.05. The van der Waals surface area contributed by atoms with Crippen molar-refractivity contribution >= 4 is 43.1 Å². The Bertz CT molecular complexity index is 1130. The molecule has 0 fully saturated rings. The molecular weight excluding hydrogens is 357 g/mol. The van der Waals surface area contributed by atoms with Crippen molar-refractivity contribution in [1.29, 1.82) is 0 Å². The van der Waals surface area contributed by atoms with Crippen LogP contribution in [0.2, 0.25) is 0 Å². The molecule has 127 valence electrons. The summed E-state index contributed by atoms with van der Waals surface area (Å²) in [5, 5.41) is 10.8. The van der Waals surface area contributed by atoms with Gasteiger partial charge in [-0.1, -0.05) is 72.8 Å². The van der Waals surface area contributed by atoms with Crippen LogP contribution >= 0.6 is 0 Å². The maximum absolute atomic E-state index is 2.24. The van der Waals surface area contributed by atoms with E-state index in [0.29, 0.717) is 0 Å². The van der Waals surface area contributed by atoms with Gasteiger partial charge in [0.15, 0.2) is 0 Å². The van der Waals surface area contributed by atoms with E-state index in [1.54, 1.807) is 0 Å². The zero-order chi connectivity index (χ0) is 17.3. The molecule has 0 aliphatic rings. The van der Waals surface area contributed by atoms with Gasteiger partial charge in [0.1, 0.15) is 0 Å². The molecule has 0 heterocycles. The normalized spacial score (nSPS) is 10.7. The second-order valence-electron chi connectivity index (χ2n) is 6.64. The van der Waals surface area contributed by atoms with Crippen LogP contribution in [0, 0.1) is 0 Å². The summed E-state index contributed by atoms with van der Waals surface area (Å²) in [5.41, 5.74) is 0. The third-order valence-corrected chi connectivity index (χ3v) is 5.05. The van der Waals surface area contributed by atoms with Crippen molar-refractivity contribution in [2.45, 2.75) is 0 Å². The van der Waals surface area contributed by atoms with E-state index < -0.39 is 0 Å². The molecule has 0 saturated heterocycles. The molecule has 0 nitrogen and oxygen atoms in total. The summed E-state index contributed by atoms with van der Waals surface area (Å²) in [4.78, 5) is 0. The summed E-state index contributed by atoms with van der Waals surface area (Å²) < 4.78 is 0. The topological polar surface area (TPSA) is 0 Å². The van der Waals surface area contributed by atoms with Crippen molar-refractivity contribution in [2.24, 2.45) is 0 Å². The summed E-state index contributed by atoms with van der Waals surface area (Å²) in [5.74, 6) is 0. The van der Waals surface area contributed by atoms with Gasteiger partial charge >= 0.3 is 0 Å². The minimum absolute atomic E-state index is 0. The maximum atomic E-state index is 2.24. The van der Waals surface area contributed by atoms with Gasteiger partial charge in [-0.25, -0.2) is 0 Å². The van der Waals surface area contributed by atoms with E-state index >= 15 is 0 Å². The second kappa shape index (κ2) is 7.62. The molecule has 0 atom stereocenters. The predicted molar refractivity (Wildman–Crippen MR) is 114 cm³/mol. The molecule has 0 bridgehead atoms. The average Bonchev–Trinajstić information content (AvgIpc) is 3.27. The molecule has 0 saturated carbocycles. The largest absolute Gasteiger partial charge is 0.126 e. The Balaban J connectivity index is 0.000000129. The van der Waals surface area contributed by atoms with E-state index in [-0.39, 0.29) is 25.8 Å². The first kappa shape index (κ1) is 17.9. The molecule has 0 aliphatic carbocycles. The predicted octanol–water partition coefficient (Wildman–Crippen LogP) is 7.42. The van der Waals surface area contributed by atoms with Crippen LogP contribution in [0.5, 0.6) is 0 Å². The minimum atomic E-state index is 0. The first-order valence-corrected chi connectivity index (χ1v) is 8.96. The molecule has 6 aromatic rings. The van der Waals surface area contributed by atoms with Crippen LogP contribution < -0.4 is 0 Å². The van der Waals surface area contributed by atoms with Crippen molar-refractivity contribution < 1.29 is 25.8 Å². The summed E-state index contributed by atoms with van der Waals surface area (Å²) in [7, 11) is 0. The van der Waals surface area contributed by atoms with Crippen LogP contribution in [-0.4, -0.2) is 0 Å². The van der Waals surface area contributed by atoms with Crippen molar-refractivity contribution in [3.8, 4) is 0 Å². The van der Waals surface area contributed by atoms with Gasteiger partial charge < -0.3 is 0 Å². The van der Waals surface area contributed by atoms with Crippen molar-refractivity contribution in [2.75, 3.05) is 0 Å². The van der Waals surface area contributed by atoms with Crippen LogP contribution in [0.1, 0.15) is 0 Å². The molecule has 27 heavy (non-hydrogen) atoms. The zero-order valence-electron chi connectivity index (χ0n) is 15.0. The van der Waals surface area contributed by atoms with E-state index in [0.717, 1.165) is 0 Å². The Morgan fingerprint density at radius 3 is 0.815 bits per heavy atom. The third kappa shape index (κ3) is 3.28. The molecule has 0 aromatic heterocycles. The summed E-state index contributed by atoms with van der Waals surface area (Å²) in [6.45, 7) is 0. The van der Waals surface area contributed by atoms with Crippen molar-refractivity contribution in [1.82, 2.24) is 0 Å². The molecular formula is C26H18Sc-2. The summed E-state index contributed by atoms with van der Waals surface area (Å²) >= 11 is 0. The molecule has 6 aromatic carbocycles. The fraction of sp³-hybridized carbons (Fsp3) is 0. The Morgan fingerprint density at radius 1 is 0.333 bits per heavy atom. The number of hydrogen-bond acceptors (Lipinski definition) is 0. The quantitative estimate of drug-likeness (QED) is 0.242. The molecule has 0 spiro atoms. The Hall–Kier alpha value is -2.51. The van der Waals surface area contributed by atoms with Crippen LogP contribution in [0.4, 0.5) is 0 Å². The van der Waals surface area contributed by atoms with Gasteiger partial charge in [0.2, 0.25) is 0 Å². The number of benzene rings is 4. The molecule has 1 radical (unpaired) electrons. The van der Waals surface area contributed by atoms with Gasteiger partial charge in [-0.2, -0.15) is 0 Å². The molecule has 0 amide bonds. The van der Waals surface area contributed by atoms with E-state index in [9.17, 15) is 0 Å². The Kier molecular flexibility index (Phi) is 5.05. The van der Waals surface area contributed by atoms with Crippen LogP contribution in [0.25, 0.3) is 43.1 Å². The van der Waals surface area contributed by atoms with Gasteiger partial charge in [0, 0.05) is 25.8 Å². The monoisotopic (exact) mass is 375 g/mol. The van der Waals surface area contributed by atoms with E-state index in [1.807, 2.05) is 0 Å². The zero-order valence-corrected chi connectivity index (χ0v) is 16.8. The van der Waals surface area contributed by atoms with Gasteiger partial charge in [-0.05, 0) is 0 Å². The fourth-order valence-corrected chi connectivity index (χ4v) is 3.81. The second-order valence-corrected chi connectivity index (χ2v) is 6.64. The van der Waals surface area contributed by atoms with Gasteiger partial charge in [-0.15, -0.1) is 79.5 Å².